The number of halogens is 1. The molecule has 5 heteroatoms. The largest absolute Gasteiger partial charge is 0.374 e. The highest BCUT2D eigenvalue weighted by molar-refractivity contribution is 5.96. The maximum absolute atomic E-state index is 13.3. The minimum Gasteiger partial charge on any atom is -0.374 e. The quantitative estimate of drug-likeness (QED) is 0.812. The Labute approximate surface area is 124 Å². The third kappa shape index (κ3) is 5.54. The minimum absolute atomic E-state index is 0.148. The van der Waals surface area contributed by atoms with Gasteiger partial charge in [-0.2, -0.15) is 0 Å². The predicted octanol–water partition coefficient (Wildman–Crippen LogP) is 1.68. The first-order valence-electron chi connectivity index (χ1n) is 6.80. The van der Waals surface area contributed by atoms with E-state index in [-0.39, 0.29) is 12.5 Å². The number of benzene rings is 1. The van der Waals surface area contributed by atoms with Gasteiger partial charge in [-0.05, 0) is 39.0 Å². The zero-order valence-electron chi connectivity index (χ0n) is 12.6. The summed E-state index contributed by atoms with van der Waals surface area (Å²) in [5.74, 6) is 4.58. The summed E-state index contributed by atoms with van der Waals surface area (Å²) >= 11 is 0. The average Bonchev–Trinajstić information content (AvgIpc) is 2.42. The molecule has 0 aliphatic carbocycles. The summed E-state index contributed by atoms with van der Waals surface area (Å²) in [7, 11) is 0. The van der Waals surface area contributed by atoms with Gasteiger partial charge in [0.2, 0.25) is 0 Å². The fourth-order valence-corrected chi connectivity index (χ4v) is 1.79. The van der Waals surface area contributed by atoms with Crippen LogP contribution in [0.4, 0.5) is 4.39 Å². The van der Waals surface area contributed by atoms with Crippen molar-refractivity contribution >= 4 is 5.91 Å². The number of hydrogen-bond donors (Lipinski definition) is 2. The van der Waals surface area contributed by atoms with Gasteiger partial charge < -0.3 is 15.8 Å². The van der Waals surface area contributed by atoms with Crippen LogP contribution in [0.3, 0.4) is 0 Å². The fraction of sp³-hybridized carbons (Fsp3) is 0.438. The molecule has 4 nitrogen and oxygen atoms in total. The highest BCUT2D eigenvalue weighted by Gasteiger charge is 2.20. The van der Waals surface area contributed by atoms with Crippen LogP contribution < -0.4 is 11.1 Å². The van der Waals surface area contributed by atoms with Crippen molar-refractivity contribution in [2.45, 2.75) is 26.4 Å². The molecule has 21 heavy (non-hydrogen) atoms. The summed E-state index contributed by atoms with van der Waals surface area (Å²) in [6, 6.07) is 3.88. The Bertz CT molecular complexity index is 559. The SMILES string of the molecule is CCOC(C)(C)CNC(=O)c1ccc(F)cc1C#CCN. The Morgan fingerprint density at radius 2 is 2.19 bits per heavy atom. The van der Waals surface area contributed by atoms with E-state index in [1.165, 1.54) is 18.2 Å². The number of carbonyl (C=O) groups excluding carboxylic acids is 1. The Hall–Kier alpha value is -1.90. The van der Waals surface area contributed by atoms with E-state index < -0.39 is 11.4 Å². The van der Waals surface area contributed by atoms with E-state index in [4.69, 9.17) is 10.5 Å². The molecule has 1 aromatic carbocycles. The normalized spacial score (nSPS) is 10.7. The van der Waals surface area contributed by atoms with Crippen LogP contribution in [0.2, 0.25) is 0 Å². The summed E-state index contributed by atoms with van der Waals surface area (Å²) in [5.41, 5.74) is 5.49. The number of rotatable bonds is 5. The number of hydrogen-bond acceptors (Lipinski definition) is 3. The minimum atomic E-state index is -0.465. The smallest absolute Gasteiger partial charge is 0.252 e. The molecule has 1 rings (SSSR count). The number of amides is 1. The van der Waals surface area contributed by atoms with Crippen LogP contribution in [0.5, 0.6) is 0 Å². The van der Waals surface area contributed by atoms with Crippen molar-refractivity contribution in [1.82, 2.24) is 5.32 Å². The summed E-state index contributed by atoms with van der Waals surface area (Å²) in [4.78, 5) is 12.2. The predicted molar refractivity (Wildman–Crippen MR) is 80.4 cm³/mol. The Morgan fingerprint density at radius 3 is 2.81 bits per heavy atom. The highest BCUT2D eigenvalue weighted by atomic mass is 19.1. The van der Waals surface area contributed by atoms with Crippen LogP contribution in [-0.4, -0.2) is 31.2 Å². The van der Waals surface area contributed by atoms with Crippen LogP contribution in [0.25, 0.3) is 0 Å². The molecule has 0 radical (unpaired) electrons. The standard InChI is InChI=1S/C16H21FN2O2/c1-4-21-16(2,3)11-19-15(20)14-8-7-13(17)10-12(14)6-5-9-18/h7-8,10H,4,9,11,18H2,1-3H3,(H,19,20). The molecule has 1 aromatic rings. The molecule has 0 aliphatic heterocycles. The number of nitrogens with one attached hydrogen (secondary N) is 1. The van der Waals surface area contributed by atoms with E-state index in [9.17, 15) is 9.18 Å². The Morgan fingerprint density at radius 1 is 1.48 bits per heavy atom. The Balaban J connectivity index is 2.87. The van der Waals surface area contributed by atoms with Gasteiger partial charge in [-0.15, -0.1) is 0 Å². The second-order valence-electron chi connectivity index (χ2n) is 5.07. The van der Waals surface area contributed by atoms with E-state index in [1.54, 1.807) is 0 Å². The van der Waals surface area contributed by atoms with Crippen LogP contribution >= 0.6 is 0 Å². The lowest BCUT2D eigenvalue weighted by Gasteiger charge is -2.25. The maximum atomic E-state index is 13.3. The summed E-state index contributed by atoms with van der Waals surface area (Å²) in [6.07, 6.45) is 0. The van der Waals surface area contributed by atoms with E-state index in [2.05, 4.69) is 17.2 Å². The second-order valence-corrected chi connectivity index (χ2v) is 5.07. The van der Waals surface area contributed by atoms with Gasteiger partial charge in [-0.25, -0.2) is 4.39 Å². The highest BCUT2D eigenvalue weighted by Crippen LogP contribution is 2.12. The van der Waals surface area contributed by atoms with Crippen LogP contribution in [-0.2, 0) is 4.74 Å². The molecule has 114 valence electrons. The Kier molecular flexibility index (Phi) is 6.35. The van der Waals surface area contributed by atoms with E-state index in [0.29, 0.717) is 24.3 Å². The zero-order chi connectivity index (χ0) is 15.9. The van der Waals surface area contributed by atoms with Gasteiger partial charge in [0.15, 0.2) is 0 Å². The van der Waals surface area contributed by atoms with Crippen LogP contribution in [0.1, 0.15) is 36.7 Å². The van der Waals surface area contributed by atoms with Crippen molar-refractivity contribution in [2.24, 2.45) is 5.73 Å². The third-order valence-electron chi connectivity index (χ3n) is 2.76. The topological polar surface area (TPSA) is 64.3 Å². The number of carbonyl (C=O) groups is 1. The molecule has 0 saturated carbocycles. The molecule has 0 unspecified atom stereocenters. The van der Waals surface area contributed by atoms with Crippen molar-refractivity contribution in [2.75, 3.05) is 19.7 Å². The average molecular weight is 292 g/mol. The van der Waals surface area contributed by atoms with E-state index >= 15 is 0 Å². The zero-order valence-corrected chi connectivity index (χ0v) is 12.6. The molecule has 0 spiro atoms. The molecule has 0 aliphatic rings. The molecule has 0 fully saturated rings. The van der Waals surface area contributed by atoms with Crippen molar-refractivity contribution in [3.63, 3.8) is 0 Å². The number of nitrogens with two attached hydrogens (primary N) is 1. The first kappa shape index (κ1) is 17.2. The van der Waals surface area contributed by atoms with Crippen molar-refractivity contribution < 1.29 is 13.9 Å². The van der Waals surface area contributed by atoms with Gasteiger partial charge >= 0.3 is 0 Å². The van der Waals surface area contributed by atoms with Crippen molar-refractivity contribution in [1.29, 1.82) is 0 Å². The van der Waals surface area contributed by atoms with Crippen molar-refractivity contribution in [3.05, 3.63) is 35.1 Å². The molecule has 0 atom stereocenters. The molecule has 0 saturated heterocycles. The van der Waals surface area contributed by atoms with Crippen LogP contribution in [0.15, 0.2) is 18.2 Å². The second kappa shape index (κ2) is 7.77. The van der Waals surface area contributed by atoms with E-state index in [0.717, 1.165) is 0 Å². The molecular weight excluding hydrogens is 271 g/mol. The fourth-order valence-electron chi connectivity index (χ4n) is 1.79. The lowest BCUT2D eigenvalue weighted by Crippen LogP contribution is -2.40. The van der Waals surface area contributed by atoms with Gasteiger partial charge in [0.25, 0.3) is 5.91 Å². The molecule has 0 aromatic heterocycles. The van der Waals surface area contributed by atoms with Gasteiger partial charge in [-0.1, -0.05) is 11.8 Å². The van der Waals surface area contributed by atoms with Gasteiger partial charge in [0.1, 0.15) is 5.82 Å². The first-order valence-corrected chi connectivity index (χ1v) is 6.80. The molecule has 1 amide bonds. The molecule has 0 bridgehead atoms. The summed E-state index contributed by atoms with van der Waals surface area (Å²) in [6.45, 7) is 6.72. The summed E-state index contributed by atoms with van der Waals surface area (Å²) in [5, 5.41) is 2.77. The monoisotopic (exact) mass is 292 g/mol. The van der Waals surface area contributed by atoms with Crippen molar-refractivity contribution in [3.8, 4) is 11.8 Å². The van der Waals surface area contributed by atoms with Gasteiger partial charge in [-0.3, -0.25) is 4.79 Å². The maximum Gasteiger partial charge on any atom is 0.252 e. The summed E-state index contributed by atoms with van der Waals surface area (Å²) < 4.78 is 18.8. The molecular formula is C16H21FN2O2. The van der Waals surface area contributed by atoms with Crippen LogP contribution in [0, 0.1) is 17.7 Å². The number of ether oxygens (including phenoxy) is 1. The van der Waals surface area contributed by atoms with Gasteiger partial charge in [0.05, 0.1) is 17.7 Å². The third-order valence-corrected chi connectivity index (χ3v) is 2.76. The lowest BCUT2D eigenvalue weighted by molar-refractivity contribution is -0.00815. The molecule has 0 heterocycles. The lowest BCUT2D eigenvalue weighted by atomic mass is 10.1. The first-order chi connectivity index (χ1) is 9.89. The molecule has 3 N–H and O–H groups in total. The van der Waals surface area contributed by atoms with E-state index in [1.807, 2.05) is 20.8 Å². The van der Waals surface area contributed by atoms with Gasteiger partial charge in [0, 0.05) is 18.7 Å².